The van der Waals surface area contributed by atoms with Crippen molar-refractivity contribution in [3.05, 3.63) is 41.5 Å². The Balaban J connectivity index is 1.41. The van der Waals surface area contributed by atoms with Crippen LogP contribution in [-0.2, 0) is 4.79 Å². The van der Waals surface area contributed by atoms with Crippen molar-refractivity contribution in [2.24, 2.45) is 5.92 Å². The molecule has 0 bridgehead atoms. The van der Waals surface area contributed by atoms with E-state index >= 15 is 0 Å². The van der Waals surface area contributed by atoms with Gasteiger partial charge in [0.25, 0.3) is 5.91 Å². The first-order valence-corrected chi connectivity index (χ1v) is 10.7. The van der Waals surface area contributed by atoms with Crippen molar-refractivity contribution in [2.45, 2.75) is 51.5 Å². The summed E-state index contributed by atoms with van der Waals surface area (Å²) in [5.74, 6) is 0.597. The zero-order valence-corrected chi connectivity index (χ0v) is 17.0. The molecule has 3 aromatic rings. The van der Waals surface area contributed by atoms with Crippen LogP contribution in [0.25, 0.3) is 22.3 Å². The van der Waals surface area contributed by atoms with Gasteiger partial charge in [-0.05, 0) is 62.4 Å². The van der Waals surface area contributed by atoms with Crippen molar-refractivity contribution < 1.29 is 9.59 Å². The lowest BCUT2D eigenvalue weighted by molar-refractivity contribution is -0.119. The Morgan fingerprint density at radius 2 is 1.87 bits per heavy atom. The van der Waals surface area contributed by atoms with Crippen molar-refractivity contribution in [1.82, 2.24) is 20.5 Å². The molecule has 2 saturated carbocycles. The van der Waals surface area contributed by atoms with E-state index in [9.17, 15) is 9.59 Å². The lowest BCUT2D eigenvalue weighted by Crippen LogP contribution is -2.25. The number of hydrogen-bond acceptors (Lipinski definition) is 4. The van der Waals surface area contributed by atoms with Crippen LogP contribution in [0.3, 0.4) is 0 Å². The van der Waals surface area contributed by atoms with Gasteiger partial charge < -0.3 is 10.6 Å². The second-order valence-electron chi connectivity index (χ2n) is 8.41. The molecule has 7 heteroatoms. The van der Waals surface area contributed by atoms with Gasteiger partial charge in [-0.3, -0.25) is 14.7 Å². The van der Waals surface area contributed by atoms with Crippen LogP contribution in [0.15, 0.2) is 30.3 Å². The number of aromatic amines is 1. The monoisotopic (exact) mass is 403 g/mol. The smallest absolute Gasteiger partial charge is 0.251 e. The third-order valence-corrected chi connectivity index (χ3v) is 6.08. The van der Waals surface area contributed by atoms with Crippen LogP contribution in [0.2, 0.25) is 0 Å². The van der Waals surface area contributed by atoms with E-state index < -0.39 is 0 Å². The van der Waals surface area contributed by atoms with Gasteiger partial charge >= 0.3 is 0 Å². The second kappa shape index (κ2) is 7.55. The SMILES string of the molecule is Cc1ccc(C(=O)NC2CC2)cc1-c1ccc2c(NC(=O)C3CCCC3)n[nH]c2n1. The summed E-state index contributed by atoms with van der Waals surface area (Å²) in [4.78, 5) is 29.6. The van der Waals surface area contributed by atoms with Gasteiger partial charge in [0.2, 0.25) is 5.91 Å². The third kappa shape index (κ3) is 3.67. The van der Waals surface area contributed by atoms with Crippen LogP contribution in [0.5, 0.6) is 0 Å². The number of H-pyrrole nitrogens is 1. The maximum atomic E-state index is 12.4. The average molecular weight is 403 g/mol. The van der Waals surface area contributed by atoms with Gasteiger partial charge in [0.1, 0.15) is 0 Å². The number of rotatable bonds is 5. The molecule has 5 rings (SSSR count). The Morgan fingerprint density at radius 1 is 1.07 bits per heavy atom. The third-order valence-electron chi connectivity index (χ3n) is 6.08. The minimum atomic E-state index is -0.0433. The number of pyridine rings is 1. The number of nitrogens with zero attached hydrogens (tertiary/aromatic N) is 2. The fraction of sp³-hybridized carbons (Fsp3) is 0.391. The molecule has 0 spiro atoms. The number of hydrogen-bond donors (Lipinski definition) is 3. The average Bonchev–Trinajstić information content (AvgIpc) is 3.24. The van der Waals surface area contributed by atoms with Crippen molar-refractivity contribution in [3.8, 4) is 11.3 Å². The van der Waals surface area contributed by atoms with Crippen molar-refractivity contribution in [1.29, 1.82) is 0 Å². The fourth-order valence-electron chi connectivity index (χ4n) is 4.09. The van der Waals surface area contributed by atoms with Crippen molar-refractivity contribution in [3.63, 3.8) is 0 Å². The van der Waals surface area contributed by atoms with E-state index in [0.717, 1.165) is 60.7 Å². The van der Waals surface area contributed by atoms with Crippen LogP contribution in [-0.4, -0.2) is 33.0 Å². The van der Waals surface area contributed by atoms with Crippen molar-refractivity contribution in [2.75, 3.05) is 5.32 Å². The molecule has 1 aromatic carbocycles. The van der Waals surface area contributed by atoms with Gasteiger partial charge in [0, 0.05) is 23.1 Å². The minimum absolute atomic E-state index is 0.0372. The number of aromatic nitrogens is 3. The lowest BCUT2D eigenvalue weighted by atomic mass is 10.0. The molecule has 2 aliphatic rings. The molecule has 2 amide bonds. The number of anilines is 1. The Hall–Kier alpha value is -3.22. The van der Waals surface area contributed by atoms with Crippen LogP contribution in [0.1, 0.15) is 54.4 Å². The largest absolute Gasteiger partial charge is 0.349 e. The number of amides is 2. The zero-order valence-electron chi connectivity index (χ0n) is 17.0. The zero-order chi connectivity index (χ0) is 20.7. The summed E-state index contributed by atoms with van der Waals surface area (Å²) in [5, 5.41) is 14.0. The Labute approximate surface area is 174 Å². The molecule has 0 saturated heterocycles. The minimum Gasteiger partial charge on any atom is -0.349 e. The molecule has 2 heterocycles. The van der Waals surface area contributed by atoms with Gasteiger partial charge in [-0.2, -0.15) is 5.10 Å². The van der Waals surface area contributed by atoms with Crippen LogP contribution < -0.4 is 10.6 Å². The summed E-state index contributed by atoms with van der Waals surface area (Å²) in [7, 11) is 0. The van der Waals surface area contributed by atoms with Gasteiger partial charge in [-0.25, -0.2) is 4.98 Å². The maximum Gasteiger partial charge on any atom is 0.251 e. The predicted molar refractivity (Wildman–Crippen MR) is 115 cm³/mol. The van der Waals surface area contributed by atoms with E-state index in [-0.39, 0.29) is 17.7 Å². The number of aryl methyl sites for hydroxylation is 1. The van der Waals surface area contributed by atoms with Crippen LogP contribution in [0, 0.1) is 12.8 Å². The molecule has 2 aromatic heterocycles. The van der Waals surface area contributed by atoms with E-state index in [2.05, 4.69) is 20.8 Å². The fourth-order valence-corrected chi connectivity index (χ4v) is 4.09. The highest BCUT2D eigenvalue weighted by Crippen LogP contribution is 2.29. The summed E-state index contributed by atoms with van der Waals surface area (Å²) in [6.07, 6.45) is 6.23. The van der Waals surface area contributed by atoms with E-state index in [0.29, 0.717) is 23.1 Å². The van der Waals surface area contributed by atoms with Crippen LogP contribution >= 0.6 is 0 Å². The Morgan fingerprint density at radius 3 is 2.63 bits per heavy atom. The number of nitrogens with one attached hydrogen (secondary N) is 3. The topological polar surface area (TPSA) is 99.8 Å². The summed E-state index contributed by atoms with van der Waals surface area (Å²) >= 11 is 0. The van der Waals surface area contributed by atoms with E-state index in [4.69, 9.17) is 4.98 Å². The van der Waals surface area contributed by atoms with Gasteiger partial charge in [-0.15, -0.1) is 0 Å². The molecule has 0 atom stereocenters. The number of carbonyl (C=O) groups excluding carboxylic acids is 2. The van der Waals surface area contributed by atoms with Gasteiger partial charge in [0.15, 0.2) is 11.5 Å². The summed E-state index contributed by atoms with van der Waals surface area (Å²) < 4.78 is 0. The number of benzene rings is 1. The number of fused-ring (bicyclic) bond motifs is 1. The van der Waals surface area contributed by atoms with Crippen LogP contribution in [0.4, 0.5) is 5.82 Å². The molecule has 3 N–H and O–H groups in total. The molecular formula is C23H25N5O2. The molecule has 154 valence electrons. The summed E-state index contributed by atoms with van der Waals surface area (Å²) in [6.45, 7) is 2.00. The standard InChI is InChI=1S/C23H25N5O2/c1-13-6-7-15(23(30)24-16-8-9-16)12-18(13)19-11-10-17-20(25-19)27-28-21(17)26-22(29)14-4-2-3-5-14/h6-7,10-12,14,16H,2-5,8-9H2,1H3,(H,24,30)(H2,25,26,27,28,29). The molecule has 30 heavy (non-hydrogen) atoms. The molecule has 2 aliphatic carbocycles. The summed E-state index contributed by atoms with van der Waals surface area (Å²) in [6, 6.07) is 9.83. The Bertz CT molecular complexity index is 1130. The van der Waals surface area contributed by atoms with Gasteiger partial charge in [0.05, 0.1) is 11.1 Å². The molecule has 0 unspecified atom stereocenters. The molecule has 0 aliphatic heterocycles. The first kappa shape index (κ1) is 18.8. The molecule has 0 radical (unpaired) electrons. The quantitative estimate of drug-likeness (QED) is 0.600. The predicted octanol–water partition coefficient (Wildman–Crippen LogP) is 3.95. The van der Waals surface area contributed by atoms with E-state index in [1.54, 1.807) is 0 Å². The van der Waals surface area contributed by atoms with Gasteiger partial charge in [-0.1, -0.05) is 18.9 Å². The first-order chi connectivity index (χ1) is 14.6. The Kier molecular flexibility index (Phi) is 4.73. The lowest BCUT2D eigenvalue weighted by Gasteiger charge is -2.10. The van der Waals surface area contributed by atoms with Crippen molar-refractivity contribution >= 4 is 28.7 Å². The first-order valence-electron chi connectivity index (χ1n) is 10.7. The molecule has 2 fully saturated rings. The molecule has 7 nitrogen and oxygen atoms in total. The second-order valence-corrected chi connectivity index (χ2v) is 8.41. The highest BCUT2D eigenvalue weighted by Gasteiger charge is 2.25. The summed E-state index contributed by atoms with van der Waals surface area (Å²) in [5.41, 5.74) is 3.96. The van der Waals surface area contributed by atoms with E-state index in [1.807, 2.05) is 37.3 Å². The molecular weight excluding hydrogens is 378 g/mol. The number of carbonyl (C=O) groups is 2. The van der Waals surface area contributed by atoms with E-state index in [1.165, 1.54) is 0 Å². The maximum absolute atomic E-state index is 12.4. The normalized spacial score (nSPS) is 16.7. The highest BCUT2D eigenvalue weighted by atomic mass is 16.2. The highest BCUT2D eigenvalue weighted by molar-refractivity contribution is 6.00.